The summed E-state index contributed by atoms with van der Waals surface area (Å²) in [6.45, 7) is 0. The first kappa shape index (κ1) is 27.0. The van der Waals surface area contributed by atoms with Gasteiger partial charge in [0.15, 0.2) is 17.5 Å². The van der Waals surface area contributed by atoms with Gasteiger partial charge in [0.25, 0.3) is 0 Å². The third-order valence-electron chi connectivity index (χ3n) is 8.82. The molecule has 9 rings (SSSR count). The third kappa shape index (κ3) is 4.84. The number of para-hydroxylation sites is 1. The second-order valence-corrected chi connectivity index (χ2v) is 11.7. The van der Waals surface area contributed by atoms with Gasteiger partial charge in [0, 0.05) is 33.2 Å². The summed E-state index contributed by atoms with van der Waals surface area (Å²) in [5.41, 5.74) is 8.57. The summed E-state index contributed by atoms with van der Waals surface area (Å²) in [6.07, 6.45) is 0. The maximum Gasteiger partial charge on any atom is 0.164 e. The molecule has 47 heavy (non-hydrogen) atoms. The van der Waals surface area contributed by atoms with E-state index in [0.29, 0.717) is 17.5 Å². The Bertz CT molecular complexity index is 2570. The number of nitrogens with zero attached hydrogens (tertiary/aromatic N) is 4. The Hall–Kier alpha value is -6.39. The van der Waals surface area contributed by atoms with Crippen LogP contribution in [0.15, 0.2) is 170 Å². The molecule has 0 amide bonds. The topological polar surface area (TPSA) is 43.6 Å². The van der Waals surface area contributed by atoms with Gasteiger partial charge in [-0.1, -0.05) is 140 Å². The number of fused-ring (bicyclic) bond motifs is 4. The van der Waals surface area contributed by atoms with Crippen molar-refractivity contribution in [1.29, 1.82) is 0 Å². The standard InChI is InChI=1S/C43H28N4/c1-3-12-29(13-4-1)33-24-25-38-37-20-9-10-21-39(37)47(40(38)28-33)36-19-11-18-34(27-36)42-44-41(31-15-5-2-6-16-31)45-43(46-42)35-23-22-30-14-7-8-17-32(30)26-35/h1-28H. The Kier molecular flexibility index (Phi) is 6.43. The quantitative estimate of drug-likeness (QED) is 0.197. The van der Waals surface area contributed by atoms with Gasteiger partial charge >= 0.3 is 0 Å². The molecular weight excluding hydrogens is 573 g/mol. The molecule has 2 aromatic heterocycles. The molecule has 0 aliphatic rings. The van der Waals surface area contributed by atoms with E-state index in [4.69, 9.17) is 15.0 Å². The lowest BCUT2D eigenvalue weighted by molar-refractivity contribution is 1.07. The van der Waals surface area contributed by atoms with Gasteiger partial charge in [-0.25, -0.2) is 15.0 Å². The van der Waals surface area contributed by atoms with Crippen molar-refractivity contribution in [2.45, 2.75) is 0 Å². The van der Waals surface area contributed by atoms with Crippen LogP contribution in [0.25, 0.3) is 83.6 Å². The monoisotopic (exact) mass is 600 g/mol. The fourth-order valence-electron chi connectivity index (χ4n) is 6.52. The zero-order valence-electron chi connectivity index (χ0n) is 25.5. The predicted molar refractivity (Wildman–Crippen MR) is 193 cm³/mol. The van der Waals surface area contributed by atoms with Crippen LogP contribution < -0.4 is 0 Å². The van der Waals surface area contributed by atoms with Gasteiger partial charge in [-0.05, 0) is 52.2 Å². The molecule has 0 aliphatic heterocycles. The molecule has 2 heterocycles. The molecule has 0 atom stereocenters. The minimum Gasteiger partial charge on any atom is -0.309 e. The number of benzene rings is 7. The Morgan fingerprint density at radius 2 is 0.894 bits per heavy atom. The predicted octanol–water partition coefficient (Wildman–Crippen LogP) is 10.8. The number of aromatic nitrogens is 4. The van der Waals surface area contributed by atoms with Crippen molar-refractivity contribution in [3.05, 3.63) is 170 Å². The maximum atomic E-state index is 5.08. The number of hydrogen-bond acceptors (Lipinski definition) is 3. The van der Waals surface area contributed by atoms with Crippen LogP contribution in [0.5, 0.6) is 0 Å². The average molecular weight is 601 g/mol. The molecule has 0 bridgehead atoms. The summed E-state index contributed by atoms with van der Waals surface area (Å²) < 4.78 is 2.35. The molecule has 9 aromatic rings. The van der Waals surface area contributed by atoms with Crippen LogP contribution >= 0.6 is 0 Å². The Morgan fingerprint density at radius 3 is 1.68 bits per heavy atom. The highest BCUT2D eigenvalue weighted by Crippen LogP contribution is 2.36. The van der Waals surface area contributed by atoms with Crippen molar-refractivity contribution >= 4 is 32.6 Å². The van der Waals surface area contributed by atoms with Crippen molar-refractivity contribution < 1.29 is 0 Å². The van der Waals surface area contributed by atoms with Crippen molar-refractivity contribution in [2.24, 2.45) is 0 Å². The molecule has 0 spiro atoms. The summed E-state index contributed by atoms with van der Waals surface area (Å²) in [6, 6.07) is 59.3. The third-order valence-corrected chi connectivity index (χ3v) is 8.82. The van der Waals surface area contributed by atoms with E-state index in [1.54, 1.807) is 0 Å². The van der Waals surface area contributed by atoms with E-state index in [2.05, 4.69) is 144 Å². The smallest absolute Gasteiger partial charge is 0.164 e. The van der Waals surface area contributed by atoms with Gasteiger partial charge in [-0.2, -0.15) is 0 Å². The van der Waals surface area contributed by atoms with E-state index in [0.717, 1.165) is 38.8 Å². The minimum atomic E-state index is 0.634. The first-order valence-electron chi connectivity index (χ1n) is 15.8. The van der Waals surface area contributed by atoms with Crippen LogP contribution in [0.4, 0.5) is 0 Å². The fourth-order valence-corrected chi connectivity index (χ4v) is 6.52. The normalized spacial score (nSPS) is 11.4. The lowest BCUT2D eigenvalue weighted by Gasteiger charge is -2.12. The Morgan fingerprint density at radius 1 is 0.319 bits per heavy atom. The largest absolute Gasteiger partial charge is 0.309 e. The molecule has 0 aliphatic carbocycles. The molecule has 0 fully saturated rings. The fraction of sp³-hybridized carbons (Fsp3) is 0. The van der Waals surface area contributed by atoms with Gasteiger partial charge in [-0.15, -0.1) is 0 Å². The van der Waals surface area contributed by atoms with Crippen LogP contribution in [0.1, 0.15) is 0 Å². The minimum absolute atomic E-state index is 0.634. The molecule has 0 saturated carbocycles. The highest BCUT2D eigenvalue weighted by atomic mass is 15.0. The number of rotatable bonds is 5. The Balaban J connectivity index is 1.24. The molecule has 4 nitrogen and oxygen atoms in total. The summed E-state index contributed by atoms with van der Waals surface area (Å²) in [4.78, 5) is 15.1. The average Bonchev–Trinajstić information content (AvgIpc) is 3.49. The summed E-state index contributed by atoms with van der Waals surface area (Å²) in [5, 5.41) is 4.77. The second kappa shape index (κ2) is 11.2. The first-order chi connectivity index (χ1) is 23.3. The SMILES string of the molecule is c1ccc(-c2ccc3c4ccccc4n(-c4cccc(-c5nc(-c6ccccc6)nc(-c6ccc7ccccc7c6)n5)c4)c3c2)cc1. The molecule has 0 radical (unpaired) electrons. The summed E-state index contributed by atoms with van der Waals surface area (Å²) in [7, 11) is 0. The van der Waals surface area contributed by atoms with E-state index in [1.807, 2.05) is 30.3 Å². The molecule has 0 saturated heterocycles. The van der Waals surface area contributed by atoms with Crippen molar-refractivity contribution in [1.82, 2.24) is 19.5 Å². The second-order valence-electron chi connectivity index (χ2n) is 11.7. The van der Waals surface area contributed by atoms with Crippen LogP contribution in [-0.4, -0.2) is 19.5 Å². The lowest BCUT2D eigenvalue weighted by atomic mass is 10.0. The molecule has 220 valence electrons. The van der Waals surface area contributed by atoms with Gasteiger partial charge in [0.05, 0.1) is 11.0 Å². The van der Waals surface area contributed by atoms with Crippen LogP contribution in [0.2, 0.25) is 0 Å². The number of hydrogen-bond donors (Lipinski definition) is 0. The van der Waals surface area contributed by atoms with Gasteiger partial charge in [0.1, 0.15) is 0 Å². The van der Waals surface area contributed by atoms with Gasteiger partial charge < -0.3 is 4.57 Å². The van der Waals surface area contributed by atoms with E-state index in [-0.39, 0.29) is 0 Å². The first-order valence-corrected chi connectivity index (χ1v) is 15.8. The summed E-state index contributed by atoms with van der Waals surface area (Å²) >= 11 is 0. The van der Waals surface area contributed by atoms with Crippen molar-refractivity contribution in [3.8, 4) is 51.0 Å². The van der Waals surface area contributed by atoms with E-state index in [9.17, 15) is 0 Å². The molecular formula is C43H28N4. The van der Waals surface area contributed by atoms with Crippen molar-refractivity contribution in [3.63, 3.8) is 0 Å². The zero-order chi connectivity index (χ0) is 31.2. The van der Waals surface area contributed by atoms with Crippen LogP contribution in [-0.2, 0) is 0 Å². The van der Waals surface area contributed by atoms with Gasteiger partial charge in [0.2, 0.25) is 0 Å². The molecule has 0 unspecified atom stereocenters. The van der Waals surface area contributed by atoms with Crippen LogP contribution in [0, 0.1) is 0 Å². The van der Waals surface area contributed by atoms with Crippen molar-refractivity contribution in [2.75, 3.05) is 0 Å². The lowest BCUT2D eigenvalue weighted by Crippen LogP contribution is -2.01. The highest BCUT2D eigenvalue weighted by Gasteiger charge is 2.16. The Labute approximate surface area is 272 Å². The molecule has 4 heteroatoms. The molecule has 7 aromatic carbocycles. The molecule has 0 N–H and O–H groups in total. The van der Waals surface area contributed by atoms with E-state index < -0.39 is 0 Å². The van der Waals surface area contributed by atoms with Gasteiger partial charge in [-0.3, -0.25) is 0 Å². The summed E-state index contributed by atoms with van der Waals surface area (Å²) in [5.74, 6) is 1.93. The van der Waals surface area contributed by atoms with Crippen LogP contribution in [0.3, 0.4) is 0 Å². The zero-order valence-corrected chi connectivity index (χ0v) is 25.5. The maximum absolute atomic E-state index is 5.08. The van der Waals surface area contributed by atoms with E-state index >= 15 is 0 Å². The van der Waals surface area contributed by atoms with E-state index in [1.165, 1.54) is 27.3 Å². The highest BCUT2D eigenvalue weighted by molar-refractivity contribution is 6.10.